The van der Waals surface area contributed by atoms with Gasteiger partial charge in [0.25, 0.3) is 0 Å². The molecule has 0 amide bonds. The molecule has 1 aliphatic rings. The molecule has 1 aliphatic heterocycles. The van der Waals surface area contributed by atoms with Crippen LogP contribution < -0.4 is 10.1 Å². The van der Waals surface area contributed by atoms with Crippen molar-refractivity contribution in [3.63, 3.8) is 0 Å². The largest absolute Gasteiger partial charge is 0.490 e. The molecule has 1 fully saturated rings. The van der Waals surface area contributed by atoms with E-state index in [1.807, 2.05) is 30.3 Å². The SMILES string of the molecule is CN=C(NCc1nc(C(F)(F)F)cs1)N1CCC(Oc2ccccc2)CC1.I. The summed E-state index contributed by atoms with van der Waals surface area (Å²) in [5.74, 6) is 1.53. The summed E-state index contributed by atoms with van der Waals surface area (Å²) >= 11 is 0.990. The minimum atomic E-state index is -4.41. The topological polar surface area (TPSA) is 49.8 Å². The zero-order valence-corrected chi connectivity index (χ0v) is 18.4. The molecule has 0 bridgehead atoms. The molecule has 0 unspecified atom stereocenters. The van der Waals surface area contributed by atoms with Crippen LogP contribution in [0, 0.1) is 0 Å². The summed E-state index contributed by atoms with van der Waals surface area (Å²) in [6, 6.07) is 9.72. The van der Waals surface area contributed by atoms with Gasteiger partial charge in [-0.05, 0) is 12.1 Å². The molecule has 0 spiro atoms. The number of hydrogen-bond acceptors (Lipinski definition) is 4. The third-order valence-electron chi connectivity index (χ3n) is 4.24. The standard InChI is InChI=1S/C18H21F3N4OS.HI/c1-22-17(23-11-16-24-15(12-27-16)18(19,20)21)25-9-7-14(8-10-25)26-13-5-3-2-4-6-13;/h2-6,12,14H,7-11H2,1H3,(H,22,23);1H. The predicted octanol–water partition coefficient (Wildman–Crippen LogP) is 4.40. The average molecular weight is 526 g/mol. The van der Waals surface area contributed by atoms with E-state index in [1.165, 1.54) is 0 Å². The van der Waals surface area contributed by atoms with Crippen LogP contribution in [0.2, 0.25) is 0 Å². The number of benzene rings is 1. The quantitative estimate of drug-likeness (QED) is 0.365. The van der Waals surface area contributed by atoms with Crippen molar-refractivity contribution < 1.29 is 17.9 Å². The predicted molar refractivity (Wildman–Crippen MR) is 114 cm³/mol. The summed E-state index contributed by atoms with van der Waals surface area (Å²) in [6.45, 7) is 1.75. The molecule has 0 aliphatic carbocycles. The van der Waals surface area contributed by atoms with Gasteiger partial charge in [0.2, 0.25) is 0 Å². The number of ether oxygens (including phenoxy) is 1. The molecule has 5 nitrogen and oxygen atoms in total. The lowest BCUT2D eigenvalue weighted by Crippen LogP contribution is -2.47. The molecule has 1 saturated heterocycles. The second kappa shape index (κ2) is 10.3. The highest BCUT2D eigenvalue weighted by atomic mass is 127. The molecular formula is C18H22F3IN4OS. The second-order valence-corrected chi connectivity index (χ2v) is 7.08. The maximum Gasteiger partial charge on any atom is 0.434 e. The first-order valence-corrected chi connectivity index (χ1v) is 9.52. The Morgan fingerprint density at radius 3 is 2.54 bits per heavy atom. The Morgan fingerprint density at radius 1 is 1.29 bits per heavy atom. The van der Waals surface area contributed by atoms with Gasteiger partial charge in [0.1, 0.15) is 16.9 Å². The van der Waals surface area contributed by atoms with Crippen molar-refractivity contribution in [1.82, 2.24) is 15.2 Å². The van der Waals surface area contributed by atoms with Crippen molar-refractivity contribution in [2.75, 3.05) is 20.1 Å². The van der Waals surface area contributed by atoms with Crippen molar-refractivity contribution in [2.45, 2.75) is 31.7 Å². The average Bonchev–Trinajstić information content (AvgIpc) is 3.14. The maximum absolute atomic E-state index is 12.6. The number of guanidine groups is 1. The Balaban J connectivity index is 0.00000280. The summed E-state index contributed by atoms with van der Waals surface area (Å²) in [7, 11) is 1.66. The first-order chi connectivity index (χ1) is 13.0. The number of rotatable bonds is 4. The van der Waals surface area contributed by atoms with Crippen molar-refractivity contribution in [3.8, 4) is 5.75 Å². The number of thiazole rings is 1. The van der Waals surface area contributed by atoms with Crippen LogP contribution in [0.25, 0.3) is 0 Å². The molecule has 1 aromatic carbocycles. The van der Waals surface area contributed by atoms with Gasteiger partial charge >= 0.3 is 6.18 Å². The fraction of sp³-hybridized carbons (Fsp3) is 0.444. The van der Waals surface area contributed by atoms with Crippen LogP contribution in [0.3, 0.4) is 0 Å². The monoisotopic (exact) mass is 526 g/mol. The van der Waals surface area contributed by atoms with E-state index in [9.17, 15) is 13.2 Å². The third kappa shape index (κ3) is 6.23. The summed E-state index contributed by atoms with van der Waals surface area (Å²) in [5.41, 5.74) is -0.849. The number of hydrogen-bond donors (Lipinski definition) is 1. The van der Waals surface area contributed by atoms with Crippen molar-refractivity contribution in [1.29, 1.82) is 0 Å². The van der Waals surface area contributed by atoms with Crippen LogP contribution in [0.5, 0.6) is 5.75 Å². The molecule has 2 heterocycles. The van der Waals surface area contributed by atoms with Crippen molar-refractivity contribution in [3.05, 3.63) is 46.4 Å². The minimum Gasteiger partial charge on any atom is -0.490 e. The maximum atomic E-state index is 12.6. The normalized spacial score (nSPS) is 15.9. The van der Waals surface area contributed by atoms with Gasteiger partial charge in [-0.2, -0.15) is 13.2 Å². The van der Waals surface area contributed by atoms with Gasteiger partial charge in [-0.25, -0.2) is 4.98 Å². The lowest BCUT2D eigenvalue weighted by atomic mass is 10.1. The Labute approximate surface area is 183 Å². The van der Waals surface area contributed by atoms with Crippen LogP contribution >= 0.6 is 35.3 Å². The number of nitrogens with zero attached hydrogens (tertiary/aromatic N) is 3. The molecule has 28 heavy (non-hydrogen) atoms. The van der Waals surface area contributed by atoms with Crippen LogP contribution in [0.15, 0.2) is 40.7 Å². The van der Waals surface area contributed by atoms with E-state index in [1.54, 1.807) is 7.05 Å². The van der Waals surface area contributed by atoms with Crippen molar-refractivity contribution in [2.24, 2.45) is 4.99 Å². The summed E-state index contributed by atoms with van der Waals surface area (Å²) < 4.78 is 43.9. The van der Waals surface area contributed by atoms with E-state index >= 15 is 0 Å². The van der Waals surface area contributed by atoms with E-state index in [0.29, 0.717) is 11.0 Å². The molecule has 10 heteroatoms. The van der Waals surface area contributed by atoms with Crippen LogP contribution in [-0.4, -0.2) is 42.1 Å². The number of alkyl halides is 3. The highest BCUT2D eigenvalue weighted by Crippen LogP contribution is 2.30. The van der Waals surface area contributed by atoms with E-state index in [2.05, 4.69) is 20.2 Å². The number of piperidine rings is 1. The number of aliphatic imine (C=N–C) groups is 1. The second-order valence-electron chi connectivity index (χ2n) is 6.14. The summed E-state index contributed by atoms with van der Waals surface area (Å²) in [5, 5.41) is 4.51. The Hall–Kier alpha value is -1.56. The van der Waals surface area contributed by atoms with E-state index in [-0.39, 0.29) is 36.6 Å². The molecule has 154 valence electrons. The van der Waals surface area contributed by atoms with Gasteiger partial charge in [-0.3, -0.25) is 4.99 Å². The smallest absolute Gasteiger partial charge is 0.434 e. The zero-order chi connectivity index (χ0) is 19.3. The van der Waals surface area contributed by atoms with E-state index < -0.39 is 11.9 Å². The van der Waals surface area contributed by atoms with Gasteiger partial charge in [-0.15, -0.1) is 35.3 Å². The highest BCUT2D eigenvalue weighted by molar-refractivity contribution is 14.0. The summed E-state index contributed by atoms with van der Waals surface area (Å²) in [4.78, 5) is 9.95. The fourth-order valence-electron chi connectivity index (χ4n) is 2.89. The minimum absolute atomic E-state index is 0. The lowest BCUT2D eigenvalue weighted by molar-refractivity contribution is -0.140. The Kier molecular flexibility index (Phi) is 8.35. The van der Waals surface area contributed by atoms with E-state index in [4.69, 9.17) is 4.74 Å². The zero-order valence-electron chi connectivity index (χ0n) is 15.3. The number of aromatic nitrogens is 1. The number of nitrogens with one attached hydrogen (secondary N) is 1. The van der Waals surface area contributed by atoms with Crippen LogP contribution in [0.1, 0.15) is 23.5 Å². The highest BCUT2D eigenvalue weighted by Gasteiger charge is 2.33. The van der Waals surface area contributed by atoms with E-state index in [0.717, 1.165) is 48.4 Å². The first-order valence-electron chi connectivity index (χ1n) is 8.64. The molecule has 0 saturated carbocycles. The first kappa shape index (κ1) is 22.7. The molecule has 1 N–H and O–H groups in total. The number of para-hydroxylation sites is 1. The fourth-order valence-corrected chi connectivity index (χ4v) is 3.63. The van der Waals surface area contributed by atoms with Crippen LogP contribution in [-0.2, 0) is 12.7 Å². The third-order valence-corrected chi connectivity index (χ3v) is 5.09. The lowest BCUT2D eigenvalue weighted by Gasteiger charge is -2.34. The van der Waals surface area contributed by atoms with Crippen molar-refractivity contribution >= 4 is 41.3 Å². The molecular weight excluding hydrogens is 504 g/mol. The Bertz CT molecular complexity index is 762. The van der Waals surface area contributed by atoms with Gasteiger partial charge in [0.05, 0.1) is 6.54 Å². The molecule has 3 rings (SSSR count). The molecule has 0 atom stereocenters. The van der Waals surface area contributed by atoms with Gasteiger partial charge in [0, 0.05) is 38.4 Å². The Morgan fingerprint density at radius 2 is 1.96 bits per heavy atom. The van der Waals surface area contributed by atoms with Gasteiger partial charge in [-0.1, -0.05) is 18.2 Å². The van der Waals surface area contributed by atoms with Gasteiger partial charge in [0.15, 0.2) is 11.7 Å². The molecule has 2 aromatic rings. The van der Waals surface area contributed by atoms with Crippen LogP contribution in [0.4, 0.5) is 13.2 Å². The van der Waals surface area contributed by atoms with Gasteiger partial charge < -0.3 is 15.0 Å². The summed E-state index contributed by atoms with van der Waals surface area (Å²) in [6.07, 6.45) is -2.55. The molecule has 1 aromatic heterocycles. The molecule has 0 radical (unpaired) electrons. The number of halogens is 4. The number of likely N-dealkylation sites (tertiary alicyclic amines) is 1.